The molecular formula is C22H24ClN3O5S. The van der Waals surface area contributed by atoms with Crippen LogP contribution in [0.4, 0.5) is 0 Å². The van der Waals surface area contributed by atoms with E-state index in [0.29, 0.717) is 52.3 Å². The van der Waals surface area contributed by atoms with E-state index < -0.39 is 10.0 Å². The van der Waals surface area contributed by atoms with E-state index in [0.717, 1.165) is 6.42 Å². The van der Waals surface area contributed by atoms with Crippen molar-refractivity contribution in [2.24, 2.45) is 0 Å². The van der Waals surface area contributed by atoms with E-state index in [4.69, 9.17) is 25.6 Å². The van der Waals surface area contributed by atoms with E-state index in [1.165, 1.54) is 10.4 Å². The Morgan fingerprint density at radius 2 is 1.91 bits per heavy atom. The topological polar surface area (TPSA) is 94.8 Å². The van der Waals surface area contributed by atoms with E-state index in [-0.39, 0.29) is 17.4 Å². The molecule has 1 aliphatic rings. The predicted molar refractivity (Wildman–Crippen MR) is 120 cm³/mol. The van der Waals surface area contributed by atoms with Gasteiger partial charge in [0.1, 0.15) is 0 Å². The molecule has 0 bridgehead atoms. The molecule has 1 saturated heterocycles. The first kappa shape index (κ1) is 22.6. The number of aromatic nitrogens is 2. The third kappa shape index (κ3) is 4.32. The summed E-state index contributed by atoms with van der Waals surface area (Å²) in [5.74, 6) is 1.79. The molecule has 1 fully saturated rings. The van der Waals surface area contributed by atoms with Crippen molar-refractivity contribution in [2.45, 2.75) is 30.6 Å². The smallest absolute Gasteiger partial charge is 0.243 e. The Balaban J connectivity index is 1.57. The van der Waals surface area contributed by atoms with Gasteiger partial charge in [0.25, 0.3) is 0 Å². The standard InChI is InChI=1S/C22H24ClN3O5S/c1-14-6-8-17(23)12-20(14)32(27,28)26-10-4-5-16(13-26)22-24-21(25-31-22)15-7-9-18(29-2)19(11-15)30-3/h6-9,11-12,16H,4-5,10,13H2,1-3H3/t16-/m1/s1. The average Bonchev–Trinajstić information content (AvgIpc) is 3.30. The Morgan fingerprint density at radius 3 is 2.66 bits per heavy atom. The molecule has 2 heterocycles. The first-order valence-corrected chi connectivity index (χ1v) is 12.0. The highest BCUT2D eigenvalue weighted by molar-refractivity contribution is 7.89. The van der Waals surface area contributed by atoms with Gasteiger partial charge in [-0.2, -0.15) is 9.29 Å². The molecule has 1 atom stereocenters. The second kappa shape index (κ2) is 9.09. The Kier molecular flexibility index (Phi) is 6.41. The molecule has 4 rings (SSSR count). The number of sulfonamides is 1. The van der Waals surface area contributed by atoms with Crippen molar-refractivity contribution in [1.82, 2.24) is 14.4 Å². The summed E-state index contributed by atoms with van der Waals surface area (Å²) in [4.78, 5) is 4.76. The summed E-state index contributed by atoms with van der Waals surface area (Å²) < 4.78 is 44.1. The molecule has 0 spiro atoms. The van der Waals surface area contributed by atoms with Gasteiger partial charge in [-0.1, -0.05) is 22.8 Å². The van der Waals surface area contributed by atoms with Gasteiger partial charge < -0.3 is 14.0 Å². The van der Waals surface area contributed by atoms with E-state index in [2.05, 4.69) is 10.1 Å². The van der Waals surface area contributed by atoms with Crippen molar-refractivity contribution < 1.29 is 22.4 Å². The van der Waals surface area contributed by atoms with Crippen molar-refractivity contribution >= 4 is 21.6 Å². The molecule has 0 saturated carbocycles. The molecule has 0 unspecified atom stereocenters. The molecule has 0 radical (unpaired) electrons. The normalized spacial score (nSPS) is 17.3. The van der Waals surface area contributed by atoms with Gasteiger partial charge in [-0.05, 0) is 55.7 Å². The molecule has 8 nitrogen and oxygen atoms in total. The quantitative estimate of drug-likeness (QED) is 0.522. The second-order valence-electron chi connectivity index (χ2n) is 7.64. The highest BCUT2D eigenvalue weighted by Gasteiger charge is 2.34. The van der Waals surface area contributed by atoms with Crippen LogP contribution in [0, 0.1) is 6.92 Å². The third-order valence-electron chi connectivity index (χ3n) is 5.58. The van der Waals surface area contributed by atoms with Gasteiger partial charge in [-0.15, -0.1) is 0 Å². The van der Waals surface area contributed by atoms with Crippen LogP contribution in [-0.2, 0) is 10.0 Å². The van der Waals surface area contributed by atoms with Gasteiger partial charge in [0.05, 0.1) is 25.0 Å². The molecule has 0 aliphatic carbocycles. The number of halogens is 1. The van der Waals surface area contributed by atoms with Crippen LogP contribution in [-0.4, -0.2) is 50.2 Å². The minimum absolute atomic E-state index is 0.195. The Labute approximate surface area is 192 Å². The van der Waals surface area contributed by atoms with E-state index in [1.807, 2.05) is 6.07 Å². The van der Waals surface area contributed by atoms with Crippen LogP contribution < -0.4 is 9.47 Å². The summed E-state index contributed by atoms with van der Waals surface area (Å²) in [7, 11) is -0.565. The van der Waals surface area contributed by atoms with Crippen molar-refractivity contribution in [3.05, 3.63) is 52.9 Å². The number of rotatable bonds is 6. The van der Waals surface area contributed by atoms with E-state index in [9.17, 15) is 8.42 Å². The lowest BCUT2D eigenvalue weighted by atomic mass is 10.00. The van der Waals surface area contributed by atoms with Crippen LogP contribution in [0.15, 0.2) is 45.8 Å². The number of aryl methyl sites for hydroxylation is 1. The number of benzene rings is 2. The molecule has 1 aliphatic heterocycles. The van der Waals surface area contributed by atoms with Crippen molar-refractivity contribution in [3.63, 3.8) is 0 Å². The minimum atomic E-state index is -3.69. The highest BCUT2D eigenvalue weighted by Crippen LogP contribution is 2.34. The monoisotopic (exact) mass is 477 g/mol. The van der Waals surface area contributed by atoms with Crippen molar-refractivity contribution in [2.75, 3.05) is 27.3 Å². The largest absolute Gasteiger partial charge is 0.493 e. The summed E-state index contributed by atoms with van der Waals surface area (Å²) in [5.41, 5.74) is 1.37. The minimum Gasteiger partial charge on any atom is -0.493 e. The summed E-state index contributed by atoms with van der Waals surface area (Å²) >= 11 is 6.05. The summed E-state index contributed by atoms with van der Waals surface area (Å²) in [6, 6.07) is 10.2. The van der Waals surface area contributed by atoms with Gasteiger partial charge in [0, 0.05) is 23.7 Å². The van der Waals surface area contributed by atoms with Gasteiger partial charge in [0.2, 0.25) is 21.7 Å². The average molecular weight is 478 g/mol. The number of hydrogen-bond acceptors (Lipinski definition) is 7. The lowest BCUT2D eigenvalue weighted by molar-refractivity contribution is 0.265. The fourth-order valence-corrected chi connectivity index (χ4v) is 5.86. The number of ether oxygens (including phenoxy) is 2. The molecular weight excluding hydrogens is 454 g/mol. The number of piperidine rings is 1. The number of nitrogens with zero attached hydrogens (tertiary/aromatic N) is 3. The molecule has 0 N–H and O–H groups in total. The van der Waals surface area contributed by atoms with Gasteiger partial charge in [-0.3, -0.25) is 0 Å². The van der Waals surface area contributed by atoms with Crippen LogP contribution in [0.1, 0.15) is 30.2 Å². The molecule has 0 amide bonds. The molecule has 2 aromatic carbocycles. The second-order valence-corrected chi connectivity index (χ2v) is 9.98. The summed E-state index contributed by atoms with van der Waals surface area (Å²) in [5, 5.41) is 4.48. The maximum Gasteiger partial charge on any atom is 0.243 e. The third-order valence-corrected chi connectivity index (χ3v) is 7.83. The molecule has 1 aromatic heterocycles. The van der Waals surface area contributed by atoms with Crippen molar-refractivity contribution in [1.29, 1.82) is 0 Å². The van der Waals surface area contributed by atoms with Crippen molar-refractivity contribution in [3.8, 4) is 22.9 Å². The molecule has 10 heteroatoms. The maximum atomic E-state index is 13.3. The van der Waals surface area contributed by atoms with Crippen LogP contribution >= 0.6 is 11.6 Å². The Bertz CT molecular complexity index is 1230. The molecule has 3 aromatic rings. The number of hydrogen-bond donors (Lipinski definition) is 0. The van der Waals surface area contributed by atoms with Crippen LogP contribution in [0.2, 0.25) is 5.02 Å². The maximum absolute atomic E-state index is 13.3. The first-order chi connectivity index (χ1) is 15.3. The highest BCUT2D eigenvalue weighted by atomic mass is 35.5. The summed E-state index contributed by atoms with van der Waals surface area (Å²) in [6.45, 7) is 2.46. The fraction of sp³-hybridized carbons (Fsp3) is 0.364. The zero-order valence-corrected chi connectivity index (χ0v) is 19.6. The summed E-state index contributed by atoms with van der Waals surface area (Å²) in [6.07, 6.45) is 1.45. The van der Waals surface area contributed by atoms with E-state index in [1.54, 1.807) is 45.4 Å². The zero-order chi connectivity index (χ0) is 22.9. The van der Waals surface area contributed by atoms with Gasteiger partial charge in [-0.25, -0.2) is 8.42 Å². The SMILES string of the molecule is COc1ccc(-c2noc([C@@H]3CCCN(S(=O)(=O)c4cc(Cl)ccc4C)C3)n2)cc1OC. The first-order valence-electron chi connectivity index (χ1n) is 10.2. The van der Waals surface area contributed by atoms with Gasteiger partial charge in [0.15, 0.2) is 11.5 Å². The predicted octanol–water partition coefficient (Wildman–Crippen LogP) is 4.28. The van der Waals surface area contributed by atoms with E-state index >= 15 is 0 Å². The van der Waals surface area contributed by atoms with Crippen LogP contribution in [0.3, 0.4) is 0 Å². The lowest BCUT2D eigenvalue weighted by Crippen LogP contribution is -2.39. The molecule has 170 valence electrons. The zero-order valence-electron chi connectivity index (χ0n) is 18.0. The van der Waals surface area contributed by atoms with Crippen LogP contribution in [0.5, 0.6) is 11.5 Å². The molecule has 32 heavy (non-hydrogen) atoms. The van der Waals surface area contributed by atoms with Crippen LogP contribution in [0.25, 0.3) is 11.4 Å². The lowest BCUT2D eigenvalue weighted by Gasteiger charge is -2.30. The number of methoxy groups -OCH3 is 2. The Morgan fingerprint density at radius 1 is 1.12 bits per heavy atom. The Hall–Kier alpha value is -2.62. The fourth-order valence-electron chi connectivity index (χ4n) is 3.85. The van der Waals surface area contributed by atoms with Gasteiger partial charge >= 0.3 is 0 Å².